The number of hydrogen-bond donors (Lipinski definition) is 2. The molecule has 3 aliphatic rings. The van der Waals surface area contributed by atoms with Gasteiger partial charge in [0.05, 0.1) is 0 Å². The van der Waals surface area contributed by atoms with Crippen molar-refractivity contribution in [1.29, 1.82) is 0 Å². The van der Waals surface area contributed by atoms with Crippen LogP contribution in [0.3, 0.4) is 0 Å². The van der Waals surface area contributed by atoms with Crippen LogP contribution in [0.15, 0.2) is 60.2 Å². The van der Waals surface area contributed by atoms with Gasteiger partial charge in [-0.3, -0.25) is 4.79 Å². The average molecular weight is 461 g/mol. The van der Waals surface area contributed by atoms with Crippen molar-refractivity contribution in [3.63, 3.8) is 0 Å². The standard InChI is InChI=1S/C27H28N2O5/c1-27(25(31)32)13-6-14-29(27)24(30)17-11-12-18(15-17)28-26(33)34-16-23-21-9-4-2-7-19(21)20-8-3-5-10-22(20)23/h2-5,7-11,18,23H,6,12-16H2,1H3,(H,28,33)(H,31,32)/t18?,27-/m0/s1. The van der Waals surface area contributed by atoms with Crippen LogP contribution in [0.1, 0.15) is 49.7 Å². The van der Waals surface area contributed by atoms with Gasteiger partial charge in [0, 0.05) is 24.1 Å². The molecule has 2 amide bonds. The molecule has 0 bridgehead atoms. The fourth-order valence-corrected chi connectivity index (χ4v) is 5.49. The van der Waals surface area contributed by atoms with E-state index in [2.05, 4.69) is 29.6 Å². The molecule has 2 aliphatic carbocycles. The molecule has 1 aliphatic heterocycles. The van der Waals surface area contributed by atoms with Gasteiger partial charge in [-0.2, -0.15) is 0 Å². The molecule has 1 unspecified atom stereocenters. The molecule has 7 nitrogen and oxygen atoms in total. The largest absolute Gasteiger partial charge is 0.480 e. The minimum Gasteiger partial charge on any atom is -0.480 e. The number of carboxylic acid groups (broad SMARTS) is 1. The van der Waals surface area contributed by atoms with E-state index >= 15 is 0 Å². The number of nitrogens with one attached hydrogen (secondary N) is 1. The first-order chi connectivity index (χ1) is 16.4. The van der Waals surface area contributed by atoms with Crippen LogP contribution in [0.2, 0.25) is 0 Å². The smallest absolute Gasteiger partial charge is 0.407 e. The number of carbonyl (C=O) groups is 3. The molecular formula is C27H28N2O5. The molecule has 0 spiro atoms. The lowest BCUT2D eigenvalue weighted by molar-refractivity contribution is -0.153. The van der Waals surface area contributed by atoms with Gasteiger partial charge in [0.1, 0.15) is 12.1 Å². The summed E-state index contributed by atoms with van der Waals surface area (Å²) in [6.45, 7) is 2.27. The fraction of sp³-hybridized carbons (Fsp3) is 0.370. The highest BCUT2D eigenvalue weighted by atomic mass is 16.5. The summed E-state index contributed by atoms with van der Waals surface area (Å²) in [5, 5.41) is 12.5. The summed E-state index contributed by atoms with van der Waals surface area (Å²) in [5.41, 5.74) is 4.03. The van der Waals surface area contributed by atoms with Gasteiger partial charge in [-0.1, -0.05) is 54.6 Å². The molecule has 7 heteroatoms. The number of aliphatic carboxylic acids is 1. The van der Waals surface area contributed by atoms with Crippen molar-refractivity contribution >= 4 is 18.0 Å². The number of amides is 2. The highest BCUT2D eigenvalue weighted by Gasteiger charge is 2.47. The molecule has 2 N–H and O–H groups in total. The Hall–Kier alpha value is -3.61. The first-order valence-electron chi connectivity index (χ1n) is 11.7. The SMILES string of the molecule is C[C@@]1(C(=O)O)CCCN1C(=O)C1=CCC(NC(=O)OCC2c3ccccc3-c3ccccc32)C1. The van der Waals surface area contributed by atoms with E-state index in [0.29, 0.717) is 37.8 Å². The molecule has 2 aromatic rings. The van der Waals surface area contributed by atoms with Crippen molar-refractivity contribution < 1.29 is 24.2 Å². The van der Waals surface area contributed by atoms with Crippen LogP contribution in [-0.4, -0.2) is 52.7 Å². The molecule has 0 aromatic heterocycles. The Morgan fingerprint density at radius 2 is 1.74 bits per heavy atom. The summed E-state index contributed by atoms with van der Waals surface area (Å²) in [5.74, 6) is -1.25. The highest BCUT2D eigenvalue weighted by Crippen LogP contribution is 2.44. The number of ether oxygens (including phenoxy) is 1. The van der Waals surface area contributed by atoms with Crippen molar-refractivity contribution in [2.75, 3.05) is 13.2 Å². The lowest BCUT2D eigenvalue weighted by atomic mass is 9.98. The maximum absolute atomic E-state index is 13.0. The number of fused-ring (bicyclic) bond motifs is 3. The number of rotatable bonds is 5. The van der Waals surface area contributed by atoms with Crippen molar-refractivity contribution in [3.05, 3.63) is 71.3 Å². The molecule has 0 radical (unpaired) electrons. The molecule has 2 aromatic carbocycles. The third-order valence-corrected chi connectivity index (χ3v) is 7.40. The van der Waals surface area contributed by atoms with Crippen LogP contribution < -0.4 is 5.32 Å². The summed E-state index contributed by atoms with van der Waals surface area (Å²) in [4.78, 5) is 38.7. The summed E-state index contributed by atoms with van der Waals surface area (Å²) in [6.07, 6.45) is 3.30. The third-order valence-electron chi connectivity index (χ3n) is 7.40. The summed E-state index contributed by atoms with van der Waals surface area (Å²) < 4.78 is 5.62. The summed E-state index contributed by atoms with van der Waals surface area (Å²) in [6, 6.07) is 16.1. The number of alkyl carbamates (subject to hydrolysis) is 1. The zero-order chi connectivity index (χ0) is 23.9. The zero-order valence-corrected chi connectivity index (χ0v) is 19.1. The summed E-state index contributed by atoms with van der Waals surface area (Å²) >= 11 is 0. The average Bonchev–Trinajstić information content (AvgIpc) is 3.54. The van der Waals surface area contributed by atoms with Crippen molar-refractivity contribution in [2.24, 2.45) is 0 Å². The molecular weight excluding hydrogens is 432 g/mol. The maximum atomic E-state index is 13.0. The van der Waals surface area contributed by atoms with Gasteiger partial charge in [0.15, 0.2) is 0 Å². The van der Waals surface area contributed by atoms with Gasteiger partial charge < -0.3 is 20.1 Å². The zero-order valence-electron chi connectivity index (χ0n) is 19.1. The van der Waals surface area contributed by atoms with E-state index in [4.69, 9.17) is 4.74 Å². The van der Waals surface area contributed by atoms with E-state index in [-0.39, 0.29) is 24.5 Å². The minimum absolute atomic E-state index is 0.0131. The Bertz CT molecular complexity index is 1140. The van der Waals surface area contributed by atoms with Gasteiger partial charge >= 0.3 is 12.1 Å². The van der Waals surface area contributed by atoms with Crippen LogP contribution in [0.4, 0.5) is 4.79 Å². The van der Waals surface area contributed by atoms with Crippen LogP contribution in [-0.2, 0) is 14.3 Å². The molecule has 1 heterocycles. The molecule has 5 rings (SSSR count). The van der Waals surface area contributed by atoms with E-state index in [9.17, 15) is 19.5 Å². The second-order valence-corrected chi connectivity index (χ2v) is 9.48. The number of likely N-dealkylation sites (tertiary alicyclic amines) is 1. The Morgan fingerprint density at radius 3 is 2.38 bits per heavy atom. The normalized spacial score (nSPS) is 23.3. The Balaban J connectivity index is 1.17. The van der Waals surface area contributed by atoms with Crippen LogP contribution in [0.25, 0.3) is 11.1 Å². The van der Waals surface area contributed by atoms with Gasteiger partial charge in [-0.15, -0.1) is 0 Å². The predicted molar refractivity (Wildman–Crippen MR) is 126 cm³/mol. The van der Waals surface area contributed by atoms with Crippen LogP contribution >= 0.6 is 0 Å². The lowest BCUT2D eigenvalue weighted by Crippen LogP contribution is -2.51. The number of carboxylic acids is 1. The summed E-state index contributed by atoms with van der Waals surface area (Å²) in [7, 11) is 0. The second-order valence-electron chi connectivity index (χ2n) is 9.48. The monoisotopic (exact) mass is 460 g/mol. The van der Waals surface area contributed by atoms with E-state index in [0.717, 1.165) is 11.1 Å². The molecule has 2 atom stereocenters. The van der Waals surface area contributed by atoms with Crippen molar-refractivity contribution in [1.82, 2.24) is 10.2 Å². The van der Waals surface area contributed by atoms with Gasteiger partial charge in [-0.05, 0) is 54.9 Å². The molecule has 176 valence electrons. The first-order valence-corrected chi connectivity index (χ1v) is 11.7. The Labute approximate surface area is 198 Å². The third kappa shape index (κ3) is 3.75. The predicted octanol–water partition coefficient (Wildman–Crippen LogP) is 4.08. The van der Waals surface area contributed by atoms with E-state index < -0.39 is 17.6 Å². The van der Waals surface area contributed by atoms with Crippen molar-refractivity contribution in [2.45, 2.75) is 50.1 Å². The number of carbonyl (C=O) groups excluding carboxylic acids is 2. The Morgan fingerprint density at radius 1 is 1.09 bits per heavy atom. The van der Waals surface area contributed by atoms with E-state index in [1.54, 1.807) is 13.0 Å². The lowest BCUT2D eigenvalue weighted by Gasteiger charge is -2.31. The highest BCUT2D eigenvalue weighted by molar-refractivity contribution is 5.98. The number of hydrogen-bond acceptors (Lipinski definition) is 4. The first kappa shape index (κ1) is 22.2. The molecule has 34 heavy (non-hydrogen) atoms. The van der Waals surface area contributed by atoms with Crippen molar-refractivity contribution in [3.8, 4) is 11.1 Å². The number of benzene rings is 2. The molecule has 1 fully saturated rings. The van der Waals surface area contributed by atoms with Gasteiger partial charge in [0.25, 0.3) is 0 Å². The van der Waals surface area contributed by atoms with Gasteiger partial charge in [0.2, 0.25) is 5.91 Å². The quantitative estimate of drug-likeness (QED) is 0.701. The fourth-order valence-electron chi connectivity index (χ4n) is 5.49. The maximum Gasteiger partial charge on any atom is 0.407 e. The molecule has 1 saturated heterocycles. The Kier molecular flexibility index (Phi) is 5.63. The molecule has 0 saturated carbocycles. The van der Waals surface area contributed by atoms with Gasteiger partial charge in [-0.25, -0.2) is 9.59 Å². The van der Waals surface area contributed by atoms with Crippen LogP contribution in [0, 0.1) is 0 Å². The topological polar surface area (TPSA) is 95.9 Å². The van der Waals surface area contributed by atoms with E-state index in [1.807, 2.05) is 24.3 Å². The van der Waals surface area contributed by atoms with Crippen LogP contribution in [0.5, 0.6) is 0 Å². The van der Waals surface area contributed by atoms with E-state index in [1.165, 1.54) is 16.0 Å². The minimum atomic E-state index is -1.17. The second kappa shape index (κ2) is 8.63. The number of nitrogens with zero attached hydrogens (tertiary/aromatic N) is 1.